The minimum atomic E-state index is -4.44. The first kappa shape index (κ1) is 22.2. The van der Waals surface area contributed by atoms with Gasteiger partial charge in [-0.3, -0.25) is 4.55 Å². The molecule has 8 heteroatoms. The summed E-state index contributed by atoms with van der Waals surface area (Å²) in [4.78, 5) is 0. The quantitative estimate of drug-likeness (QED) is 0.269. The lowest BCUT2D eigenvalue weighted by Gasteiger charge is -2.28. The van der Waals surface area contributed by atoms with E-state index in [1.54, 1.807) is 0 Å². The zero-order valence-electron chi connectivity index (χ0n) is 14.4. The number of hydrogen-bond donors (Lipinski definition) is 2. The minimum absolute atomic E-state index is 0.123. The Morgan fingerprint density at radius 1 is 0.875 bits per heavy atom. The fourth-order valence-electron chi connectivity index (χ4n) is 2.76. The Kier molecular flexibility index (Phi) is 12.3. The van der Waals surface area contributed by atoms with E-state index in [4.69, 9.17) is 14.0 Å². The third kappa shape index (κ3) is 12.5. The van der Waals surface area contributed by atoms with E-state index in [2.05, 4.69) is 16.8 Å². The average Bonchev–Trinajstić information content (AvgIpc) is 2.53. The first-order valence-electron chi connectivity index (χ1n) is 9.01. The van der Waals surface area contributed by atoms with Crippen LogP contribution in [0, 0.1) is 0 Å². The van der Waals surface area contributed by atoms with E-state index in [1.807, 2.05) is 0 Å². The van der Waals surface area contributed by atoms with E-state index >= 15 is 0 Å². The van der Waals surface area contributed by atoms with Crippen molar-refractivity contribution in [2.24, 2.45) is 0 Å². The highest BCUT2D eigenvalue weighted by Crippen LogP contribution is 2.17. The molecule has 144 valence electrons. The predicted octanol–water partition coefficient (Wildman–Crippen LogP) is 3.77. The molecule has 1 aliphatic rings. The van der Waals surface area contributed by atoms with Crippen molar-refractivity contribution in [3.05, 3.63) is 0 Å². The first-order chi connectivity index (χ1) is 11.5. The molecular weight excluding hydrogens is 352 g/mol. The molecule has 0 unspecified atom stereocenters. The van der Waals surface area contributed by atoms with Gasteiger partial charge < -0.3 is 9.47 Å². The third-order valence-electron chi connectivity index (χ3n) is 4.04. The summed E-state index contributed by atoms with van der Waals surface area (Å²) in [5.41, 5.74) is 0. The van der Waals surface area contributed by atoms with Crippen molar-refractivity contribution in [2.45, 2.75) is 83.0 Å². The van der Waals surface area contributed by atoms with E-state index in [0.717, 1.165) is 25.0 Å². The van der Waals surface area contributed by atoms with Crippen molar-refractivity contribution in [3.8, 4) is 0 Å². The van der Waals surface area contributed by atoms with Crippen molar-refractivity contribution >= 4 is 23.0 Å². The van der Waals surface area contributed by atoms with Crippen molar-refractivity contribution in [2.75, 3.05) is 19.0 Å². The van der Waals surface area contributed by atoms with Crippen molar-refractivity contribution < 1.29 is 26.6 Å². The van der Waals surface area contributed by atoms with Crippen molar-refractivity contribution in [1.82, 2.24) is 0 Å². The molecule has 0 amide bonds. The summed E-state index contributed by atoms with van der Waals surface area (Å²) in [5.74, 6) is 1.00. The Morgan fingerprint density at radius 3 is 1.79 bits per heavy atom. The van der Waals surface area contributed by atoms with Crippen LogP contribution in [0.25, 0.3) is 0 Å². The molecule has 0 radical (unpaired) electrons. The SMILES string of the molecule is O=S(=O)(O)OC1COC(CCCCCCCCCCCCS)OC1. The van der Waals surface area contributed by atoms with E-state index < -0.39 is 16.5 Å². The Balaban J connectivity index is 1.87. The van der Waals surface area contributed by atoms with Crippen LogP contribution in [-0.2, 0) is 24.1 Å². The largest absolute Gasteiger partial charge is 0.397 e. The van der Waals surface area contributed by atoms with E-state index in [-0.39, 0.29) is 19.5 Å². The van der Waals surface area contributed by atoms with E-state index in [9.17, 15) is 8.42 Å². The lowest BCUT2D eigenvalue weighted by molar-refractivity contribution is -0.213. The summed E-state index contributed by atoms with van der Waals surface area (Å²) in [6, 6.07) is 0. The third-order valence-corrected chi connectivity index (χ3v) is 4.87. The molecule has 1 fully saturated rings. The van der Waals surface area contributed by atoms with Gasteiger partial charge in [0.15, 0.2) is 6.29 Å². The maximum absolute atomic E-state index is 10.6. The van der Waals surface area contributed by atoms with Crippen molar-refractivity contribution in [3.63, 3.8) is 0 Å². The molecule has 0 spiro atoms. The Bertz CT molecular complexity index is 393. The zero-order valence-corrected chi connectivity index (χ0v) is 16.1. The van der Waals surface area contributed by atoms with Gasteiger partial charge in [0, 0.05) is 0 Å². The lowest BCUT2D eigenvalue weighted by atomic mass is 10.1. The summed E-state index contributed by atoms with van der Waals surface area (Å²) in [5, 5.41) is 0. The Hall–Kier alpha value is 0.140. The second kappa shape index (κ2) is 13.4. The van der Waals surface area contributed by atoms with Crippen LogP contribution in [0.15, 0.2) is 0 Å². The monoisotopic (exact) mass is 384 g/mol. The average molecular weight is 385 g/mol. The normalized spacial score (nSPS) is 21.9. The molecule has 0 aromatic rings. The van der Waals surface area contributed by atoms with Gasteiger partial charge in [-0.15, -0.1) is 0 Å². The molecule has 1 rings (SSSR count). The molecule has 0 aromatic heterocycles. The number of thiol groups is 1. The predicted molar refractivity (Wildman–Crippen MR) is 96.8 cm³/mol. The molecule has 0 aliphatic carbocycles. The highest BCUT2D eigenvalue weighted by atomic mass is 32.3. The molecular formula is C16H32O6S2. The van der Waals surface area contributed by atoms with Crippen LogP contribution in [0.5, 0.6) is 0 Å². The van der Waals surface area contributed by atoms with Gasteiger partial charge in [0.2, 0.25) is 0 Å². The summed E-state index contributed by atoms with van der Waals surface area (Å²) < 4.78 is 45.0. The van der Waals surface area contributed by atoms with Gasteiger partial charge in [0.25, 0.3) is 0 Å². The molecule has 0 aromatic carbocycles. The number of unbranched alkanes of at least 4 members (excludes halogenated alkanes) is 9. The molecule has 0 saturated carbocycles. The van der Waals surface area contributed by atoms with Crippen LogP contribution < -0.4 is 0 Å². The molecule has 0 atom stereocenters. The van der Waals surface area contributed by atoms with Crippen LogP contribution in [0.2, 0.25) is 0 Å². The fraction of sp³-hybridized carbons (Fsp3) is 1.00. The van der Waals surface area contributed by atoms with Crippen LogP contribution in [0.3, 0.4) is 0 Å². The van der Waals surface area contributed by atoms with Gasteiger partial charge in [0.05, 0.1) is 13.2 Å². The molecule has 6 nitrogen and oxygen atoms in total. The first-order valence-corrected chi connectivity index (χ1v) is 11.0. The highest BCUT2D eigenvalue weighted by Gasteiger charge is 2.26. The molecule has 24 heavy (non-hydrogen) atoms. The highest BCUT2D eigenvalue weighted by molar-refractivity contribution is 7.81. The standard InChI is InChI=1S/C16H32O6S2/c17-24(18,19)22-15-13-20-16(21-14-15)11-9-7-5-3-1-2-4-6-8-10-12-23/h15-16,23H,1-14H2,(H,17,18,19). The van der Waals surface area contributed by atoms with Gasteiger partial charge in [-0.05, 0) is 25.0 Å². The minimum Gasteiger partial charge on any atom is -0.350 e. The maximum Gasteiger partial charge on any atom is 0.397 e. The zero-order chi connectivity index (χ0) is 17.7. The fourth-order valence-corrected chi connectivity index (χ4v) is 3.44. The number of ether oxygens (including phenoxy) is 2. The summed E-state index contributed by atoms with van der Waals surface area (Å²) in [6.07, 6.45) is 12.3. The molecule has 1 N–H and O–H groups in total. The van der Waals surface area contributed by atoms with Crippen LogP contribution >= 0.6 is 12.6 Å². The van der Waals surface area contributed by atoms with Gasteiger partial charge >= 0.3 is 10.4 Å². The second-order valence-corrected chi connectivity index (χ2v) is 7.79. The van der Waals surface area contributed by atoms with Gasteiger partial charge in [-0.1, -0.05) is 51.4 Å². The molecule has 1 aliphatic heterocycles. The van der Waals surface area contributed by atoms with Gasteiger partial charge in [-0.2, -0.15) is 21.0 Å². The summed E-state index contributed by atoms with van der Waals surface area (Å²) in [7, 11) is -4.44. The van der Waals surface area contributed by atoms with Crippen LogP contribution in [-0.4, -0.2) is 44.3 Å². The van der Waals surface area contributed by atoms with E-state index in [1.165, 1.54) is 51.4 Å². The van der Waals surface area contributed by atoms with Gasteiger partial charge in [0.1, 0.15) is 6.10 Å². The Morgan fingerprint density at radius 2 is 1.33 bits per heavy atom. The maximum atomic E-state index is 10.6. The van der Waals surface area contributed by atoms with Crippen LogP contribution in [0.4, 0.5) is 0 Å². The molecule has 1 heterocycles. The second-order valence-electron chi connectivity index (χ2n) is 6.29. The summed E-state index contributed by atoms with van der Waals surface area (Å²) in [6.45, 7) is 0.245. The smallest absolute Gasteiger partial charge is 0.350 e. The van der Waals surface area contributed by atoms with Crippen molar-refractivity contribution in [1.29, 1.82) is 0 Å². The van der Waals surface area contributed by atoms with Gasteiger partial charge in [-0.25, -0.2) is 4.18 Å². The molecule has 1 saturated heterocycles. The van der Waals surface area contributed by atoms with Crippen LogP contribution in [0.1, 0.15) is 70.6 Å². The lowest BCUT2D eigenvalue weighted by Crippen LogP contribution is -2.38. The number of rotatable bonds is 14. The topological polar surface area (TPSA) is 82.1 Å². The van der Waals surface area contributed by atoms with E-state index in [0.29, 0.717) is 0 Å². The Labute approximate surface area is 152 Å². The summed E-state index contributed by atoms with van der Waals surface area (Å²) >= 11 is 4.21. The molecule has 0 bridgehead atoms. The number of hydrogen-bond acceptors (Lipinski definition) is 6.